The fourth-order valence-electron chi connectivity index (χ4n) is 1.89. The van der Waals surface area contributed by atoms with E-state index in [9.17, 15) is 4.39 Å². The Morgan fingerprint density at radius 3 is 2.69 bits per heavy atom. The quantitative estimate of drug-likeness (QED) is 0.745. The summed E-state index contributed by atoms with van der Waals surface area (Å²) in [6.45, 7) is 6.20. The van der Waals surface area contributed by atoms with E-state index in [1.165, 1.54) is 6.07 Å². The first kappa shape index (κ1) is 11.9. The van der Waals surface area contributed by atoms with Crippen LogP contribution in [0.3, 0.4) is 0 Å². The maximum Gasteiger partial charge on any atom is 0.165 e. The van der Waals surface area contributed by atoms with Crippen molar-refractivity contribution in [1.29, 1.82) is 0 Å². The Morgan fingerprint density at radius 1 is 1.44 bits per heavy atom. The van der Waals surface area contributed by atoms with Gasteiger partial charge in [0.25, 0.3) is 0 Å². The predicted molar refractivity (Wildman–Crippen MR) is 66.7 cm³/mol. The minimum Gasteiger partial charge on any atom is -0.487 e. The highest BCUT2D eigenvalue weighted by Gasteiger charge is 2.48. The molecule has 2 atom stereocenters. The van der Waals surface area contributed by atoms with Gasteiger partial charge in [-0.15, -0.1) is 0 Å². The van der Waals surface area contributed by atoms with Gasteiger partial charge >= 0.3 is 0 Å². The van der Waals surface area contributed by atoms with Crippen molar-refractivity contribution in [2.45, 2.75) is 38.1 Å². The molecule has 1 saturated carbocycles. The van der Waals surface area contributed by atoms with E-state index in [4.69, 9.17) is 4.74 Å². The molecule has 1 aromatic rings. The van der Waals surface area contributed by atoms with Crippen LogP contribution in [0.25, 0.3) is 0 Å². The van der Waals surface area contributed by atoms with Crippen LogP contribution in [0.4, 0.5) is 4.39 Å². The number of ether oxygens (including phenoxy) is 1. The molecule has 1 aliphatic carbocycles. The van der Waals surface area contributed by atoms with E-state index in [0.29, 0.717) is 10.6 Å². The lowest BCUT2D eigenvalue weighted by Crippen LogP contribution is -2.53. The van der Waals surface area contributed by atoms with Crippen molar-refractivity contribution < 1.29 is 9.13 Å². The molecule has 0 aliphatic heterocycles. The Bertz CT molecular complexity index is 403. The van der Waals surface area contributed by atoms with Crippen molar-refractivity contribution in [3.05, 3.63) is 29.6 Å². The summed E-state index contributed by atoms with van der Waals surface area (Å²) in [4.78, 5) is 0.456. The number of alkyl halides is 1. The van der Waals surface area contributed by atoms with Gasteiger partial charge in [-0.1, -0.05) is 35.8 Å². The number of halogens is 2. The summed E-state index contributed by atoms with van der Waals surface area (Å²) in [6.07, 6.45) is 1.02. The van der Waals surface area contributed by atoms with Crippen LogP contribution in [0.5, 0.6) is 5.75 Å². The van der Waals surface area contributed by atoms with Crippen molar-refractivity contribution in [3.8, 4) is 5.75 Å². The van der Waals surface area contributed by atoms with Crippen molar-refractivity contribution in [1.82, 2.24) is 0 Å². The molecule has 88 valence electrons. The monoisotopic (exact) mass is 286 g/mol. The molecule has 0 aromatic heterocycles. The first-order valence-electron chi connectivity index (χ1n) is 5.48. The van der Waals surface area contributed by atoms with Crippen LogP contribution >= 0.6 is 15.9 Å². The lowest BCUT2D eigenvalue weighted by Gasteiger charge is -2.48. The molecule has 1 aromatic carbocycles. The average Bonchev–Trinajstić information content (AvgIpc) is 2.23. The molecule has 2 rings (SSSR count). The zero-order valence-corrected chi connectivity index (χ0v) is 11.3. The van der Waals surface area contributed by atoms with Gasteiger partial charge in [0.05, 0.1) is 0 Å². The fraction of sp³-hybridized carbons (Fsp3) is 0.538. The lowest BCUT2D eigenvalue weighted by atomic mass is 9.69. The average molecular weight is 287 g/mol. The van der Waals surface area contributed by atoms with Gasteiger partial charge in [-0.2, -0.15) is 0 Å². The van der Waals surface area contributed by atoms with Gasteiger partial charge in [0.1, 0.15) is 6.10 Å². The summed E-state index contributed by atoms with van der Waals surface area (Å²) < 4.78 is 19.2. The topological polar surface area (TPSA) is 9.23 Å². The van der Waals surface area contributed by atoms with Crippen LogP contribution in [-0.2, 0) is 0 Å². The molecular weight excluding hydrogens is 271 g/mol. The van der Waals surface area contributed by atoms with E-state index in [-0.39, 0.29) is 17.3 Å². The summed E-state index contributed by atoms with van der Waals surface area (Å²) in [5, 5.41) is 0. The van der Waals surface area contributed by atoms with E-state index >= 15 is 0 Å². The number of rotatable bonds is 2. The number of benzene rings is 1. The molecule has 1 nitrogen and oxygen atoms in total. The summed E-state index contributed by atoms with van der Waals surface area (Å²) in [7, 11) is 0. The highest BCUT2D eigenvalue weighted by molar-refractivity contribution is 9.09. The van der Waals surface area contributed by atoms with Crippen LogP contribution in [0, 0.1) is 18.2 Å². The largest absolute Gasteiger partial charge is 0.487 e. The number of hydrogen-bond acceptors (Lipinski definition) is 1. The molecule has 1 aliphatic rings. The molecule has 16 heavy (non-hydrogen) atoms. The zero-order chi connectivity index (χ0) is 11.9. The van der Waals surface area contributed by atoms with Gasteiger partial charge in [-0.3, -0.25) is 0 Å². The van der Waals surface area contributed by atoms with Gasteiger partial charge in [0.2, 0.25) is 0 Å². The molecule has 3 heteroatoms. The SMILES string of the molecule is Cc1ccc(F)c(OC2CC(Br)C2(C)C)c1. The van der Waals surface area contributed by atoms with Crippen molar-refractivity contribution in [2.24, 2.45) is 5.41 Å². The number of hydrogen-bond donors (Lipinski definition) is 0. The summed E-state index contributed by atoms with van der Waals surface area (Å²) >= 11 is 3.59. The van der Waals surface area contributed by atoms with E-state index in [2.05, 4.69) is 29.8 Å². The van der Waals surface area contributed by atoms with E-state index in [1.54, 1.807) is 12.1 Å². The third-order valence-corrected chi connectivity index (χ3v) is 4.97. The minimum absolute atomic E-state index is 0.0657. The third-order valence-electron chi connectivity index (χ3n) is 3.41. The van der Waals surface area contributed by atoms with Gasteiger partial charge in [0, 0.05) is 10.2 Å². The van der Waals surface area contributed by atoms with Crippen molar-refractivity contribution >= 4 is 15.9 Å². The molecule has 0 spiro atoms. The molecule has 1 fully saturated rings. The standard InChI is InChI=1S/C13H16BrFO/c1-8-4-5-9(15)10(6-8)16-12-7-11(14)13(12,2)3/h4-6,11-12H,7H2,1-3H3. The van der Waals surface area contributed by atoms with Gasteiger partial charge in [-0.25, -0.2) is 4.39 Å². The molecular formula is C13H16BrFO. The Kier molecular flexibility index (Phi) is 2.99. The summed E-state index contributed by atoms with van der Waals surface area (Å²) in [5.74, 6) is 0.0943. The third kappa shape index (κ3) is 1.97. The van der Waals surface area contributed by atoms with Crippen molar-refractivity contribution in [2.75, 3.05) is 0 Å². The molecule has 0 heterocycles. The highest BCUT2D eigenvalue weighted by Crippen LogP contribution is 2.47. The minimum atomic E-state index is -0.278. The molecule has 2 unspecified atom stereocenters. The van der Waals surface area contributed by atoms with E-state index in [1.807, 2.05) is 6.92 Å². The maximum absolute atomic E-state index is 13.5. The summed E-state index contributed by atoms with van der Waals surface area (Å²) in [5.41, 5.74) is 1.08. The lowest BCUT2D eigenvalue weighted by molar-refractivity contribution is -0.0102. The van der Waals surface area contributed by atoms with E-state index in [0.717, 1.165) is 12.0 Å². The Labute approximate surface area is 104 Å². The van der Waals surface area contributed by atoms with Crippen LogP contribution < -0.4 is 4.74 Å². The van der Waals surface area contributed by atoms with Crippen LogP contribution in [0.1, 0.15) is 25.8 Å². The Hall–Kier alpha value is -0.570. The molecule has 0 amide bonds. The van der Waals surface area contributed by atoms with E-state index < -0.39 is 0 Å². The Balaban J connectivity index is 2.13. The second-order valence-electron chi connectivity index (χ2n) is 5.06. The van der Waals surface area contributed by atoms with Gasteiger partial charge < -0.3 is 4.74 Å². The first-order chi connectivity index (χ1) is 7.41. The zero-order valence-electron chi connectivity index (χ0n) is 9.76. The second kappa shape index (κ2) is 4.02. The molecule has 0 saturated heterocycles. The normalized spacial score (nSPS) is 27.3. The van der Waals surface area contributed by atoms with Crippen LogP contribution in [0.2, 0.25) is 0 Å². The first-order valence-corrected chi connectivity index (χ1v) is 6.39. The Morgan fingerprint density at radius 2 is 2.12 bits per heavy atom. The highest BCUT2D eigenvalue weighted by atomic mass is 79.9. The maximum atomic E-state index is 13.5. The fourth-order valence-corrected chi connectivity index (χ4v) is 2.53. The molecule has 0 N–H and O–H groups in total. The van der Waals surface area contributed by atoms with Crippen molar-refractivity contribution in [3.63, 3.8) is 0 Å². The summed E-state index contributed by atoms with van der Waals surface area (Å²) in [6, 6.07) is 4.97. The van der Waals surface area contributed by atoms with Crippen LogP contribution in [0.15, 0.2) is 18.2 Å². The molecule has 0 bridgehead atoms. The molecule has 0 radical (unpaired) electrons. The second-order valence-corrected chi connectivity index (χ2v) is 6.17. The number of aryl methyl sites for hydroxylation is 1. The van der Waals surface area contributed by atoms with Gasteiger partial charge in [0.15, 0.2) is 11.6 Å². The van der Waals surface area contributed by atoms with Gasteiger partial charge in [-0.05, 0) is 31.0 Å². The predicted octanol–water partition coefficient (Wildman–Crippen LogP) is 4.07. The smallest absolute Gasteiger partial charge is 0.165 e. The van der Waals surface area contributed by atoms with Crippen LogP contribution in [-0.4, -0.2) is 10.9 Å².